The fraction of sp³-hybridized carbons (Fsp3) is 0.0714. The molecule has 0 fully saturated rings. The minimum Gasteiger partial charge on any atom is -0.294 e. The monoisotopic (exact) mass is 310 g/mol. The van der Waals surface area contributed by atoms with Crippen molar-refractivity contribution in [2.75, 3.05) is 0 Å². The van der Waals surface area contributed by atoms with Gasteiger partial charge in [-0.3, -0.25) is 4.79 Å². The number of benzene rings is 2. The molecule has 0 aliphatic rings. The molecule has 0 saturated heterocycles. The maximum Gasteiger partial charge on any atom is 0.170 e. The highest BCUT2D eigenvalue weighted by Gasteiger charge is 2.14. The number of hydrogen-bond acceptors (Lipinski definition) is 1. The summed E-state index contributed by atoms with van der Waals surface area (Å²) in [6, 6.07) is 10.2. The molecule has 0 aliphatic heterocycles. The minimum absolute atomic E-state index is 0.0264. The van der Waals surface area contributed by atoms with E-state index in [1.807, 2.05) is 0 Å². The van der Waals surface area contributed by atoms with Crippen molar-refractivity contribution in [2.24, 2.45) is 0 Å². The first kappa shape index (κ1) is 12.9. The molecule has 2 aromatic rings. The van der Waals surface area contributed by atoms with Crippen LogP contribution >= 0.6 is 15.9 Å². The number of halogens is 3. The van der Waals surface area contributed by atoms with Gasteiger partial charge >= 0.3 is 0 Å². The molecule has 0 spiro atoms. The zero-order chi connectivity index (χ0) is 13.1. The number of ketones is 1. The number of carbonyl (C=O) groups excluding carboxylic acids is 1. The summed E-state index contributed by atoms with van der Waals surface area (Å²) in [5.74, 6) is -1.50. The molecule has 0 heterocycles. The van der Waals surface area contributed by atoms with Gasteiger partial charge in [0.25, 0.3) is 0 Å². The lowest BCUT2D eigenvalue weighted by atomic mass is 10.0. The third-order valence-corrected chi connectivity index (χ3v) is 3.03. The van der Waals surface area contributed by atoms with Crippen LogP contribution in [0.3, 0.4) is 0 Å². The van der Waals surface area contributed by atoms with Crippen LogP contribution in [0, 0.1) is 11.6 Å². The van der Waals surface area contributed by atoms with Crippen molar-refractivity contribution in [3.8, 4) is 0 Å². The molecule has 2 rings (SSSR count). The molecule has 2 aromatic carbocycles. The van der Waals surface area contributed by atoms with Crippen molar-refractivity contribution in [1.82, 2.24) is 0 Å². The summed E-state index contributed by atoms with van der Waals surface area (Å²) in [5, 5.41) is 0. The minimum atomic E-state index is -0.606. The second-order valence-corrected chi connectivity index (χ2v) is 4.73. The van der Waals surface area contributed by atoms with Crippen LogP contribution in [0.2, 0.25) is 0 Å². The van der Waals surface area contributed by atoms with Gasteiger partial charge in [0.2, 0.25) is 0 Å². The van der Waals surface area contributed by atoms with Crippen LogP contribution in [0.4, 0.5) is 8.78 Å². The van der Waals surface area contributed by atoms with Crippen molar-refractivity contribution in [3.05, 3.63) is 69.7 Å². The van der Waals surface area contributed by atoms with Crippen LogP contribution in [-0.4, -0.2) is 5.78 Å². The van der Waals surface area contributed by atoms with Crippen molar-refractivity contribution >= 4 is 21.7 Å². The van der Waals surface area contributed by atoms with Crippen molar-refractivity contribution in [3.63, 3.8) is 0 Å². The first-order valence-electron chi connectivity index (χ1n) is 5.29. The van der Waals surface area contributed by atoms with Gasteiger partial charge in [-0.2, -0.15) is 0 Å². The van der Waals surface area contributed by atoms with Crippen LogP contribution < -0.4 is 0 Å². The second-order valence-electron chi connectivity index (χ2n) is 3.82. The van der Waals surface area contributed by atoms with Gasteiger partial charge in [-0.15, -0.1) is 0 Å². The third kappa shape index (κ3) is 2.82. The smallest absolute Gasteiger partial charge is 0.170 e. The van der Waals surface area contributed by atoms with Crippen LogP contribution in [0.1, 0.15) is 15.9 Å². The van der Waals surface area contributed by atoms with Crippen molar-refractivity contribution in [2.45, 2.75) is 6.42 Å². The van der Waals surface area contributed by atoms with E-state index < -0.39 is 17.4 Å². The van der Waals surface area contributed by atoms with Gasteiger partial charge in [0.05, 0.1) is 5.56 Å². The molecular weight excluding hydrogens is 302 g/mol. The second kappa shape index (κ2) is 5.40. The Labute approximate surface area is 112 Å². The molecule has 0 unspecified atom stereocenters. The Morgan fingerprint density at radius 2 is 1.78 bits per heavy atom. The summed E-state index contributed by atoms with van der Waals surface area (Å²) in [5.41, 5.74) is 0.242. The summed E-state index contributed by atoms with van der Waals surface area (Å²) in [4.78, 5) is 11.9. The third-order valence-electron chi connectivity index (χ3n) is 2.54. The Bertz CT molecular complexity index is 596. The van der Waals surface area contributed by atoms with Gasteiger partial charge in [0.15, 0.2) is 5.78 Å². The lowest BCUT2D eigenvalue weighted by Gasteiger charge is -2.04. The Morgan fingerprint density at radius 1 is 1.06 bits per heavy atom. The van der Waals surface area contributed by atoms with Gasteiger partial charge in [-0.25, -0.2) is 8.78 Å². The Balaban J connectivity index is 2.25. The van der Waals surface area contributed by atoms with E-state index in [0.29, 0.717) is 4.47 Å². The standard InChI is InChI=1S/C14H9BrF2O/c15-10-5-6-11(13(17)8-10)14(18)7-9-3-1-2-4-12(9)16/h1-6,8H,7H2. The van der Waals surface area contributed by atoms with Crippen LogP contribution in [0.25, 0.3) is 0 Å². The summed E-state index contributed by atoms with van der Waals surface area (Å²) < 4.78 is 27.5. The average molecular weight is 311 g/mol. The molecule has 0 amide bonds. The first-order valence-corrected chi connectivity index (χ1v) is 6.09. The lowest BCUT2D eigenvalue weighted by molar-refractivity contribution is 0.0988. The highest BCUT2D eigenvalue weighted by molar-refractivity contribution is 9.10. The van der Waals surface area contributed by atoms with E-state index in [1.165, 1.54) is 24.3 Å². The van der Waals surface area contributed by atoms with Crippen molar-refractivity contribution < 1.29 is 13.6 Å². The predicted molar refractivity (Wildman–Crippen MR) is 68.5 cm³/mol. The number of rotatable bonds is 3. The van der Waals surface area contributed by atoms with E-state index in [4.69, 9.17) is 0 Å². The van der Waals surface area contributed by atoms with Gasteiger partial charge in [0, 0.05) is 10.9 Å². The summed E-state index contributed by atoms with van der Waals surface area (Å²) in [6.07, 6.45) is -0.148. The van der Waals surface area contributed by atoms with Crippen molar-refractivity contribution in [1.29, 1.82) is 0 Å². The normalized spacial score (nSPS) is 10.4. The fourth-order valence-electron chi connectivity index (χ4n) is 1.63. The largest absolute Gasteiger partial charge is 0.294 e. The molecule has 0 saturated carbocycles. The van der Waals surface area contributed by atoms with Gasteiger partial charge in [-0.05, 0) is 29.8 Å². The Kier molecular flexibility index (Phi) is 3.87. The fourth-order valence-corrected chi connectivity index (χ4v) is 1.96. The molecule has 0 atom stereocenters. The van der Waals surface area contributed by atoms with Gasteiger partial charge < -0.3 is 0 Å². The number of Topliss-reactive ketones (excluding diaryl/α,β-unsaturated/α-hetero) is 1. The van der Waals surface area contributed by atoms with Crippen LogP contribution in [-0.2, 0) is 6.42 Å². The van der Waals surface area contributed by atoms with E-state index in [0.717, 1.165) is 0 Å². The molecule has 0 aliphatic carbocycles. The summed E-state index contributed by atoms with van der Waals surface area (Å²) in [6.45, 7) is 0. The molecule has 92 valence electrons. The lowest BCUT2D eigenvalue weighted by Crippen LogP contribution is -2.07. The van der Waals surface area contributed by atoms with E-state index in [-0.39, 0.29) is 17.5 Å². The van der Waals surface area contributed by atoms with Crippen LogP contribution in [0.15, 0.2) is 46.9 Å². The Hall–Kier alpha value is -1.55. The molecule has 18 heavy (non-hydrogen) atoms. The van der Waals surface area contributed by atoms with Gasteiger partial charge in [-0.1, -0.05) is 34.1 Å². The molecule has 4 heteroatoms. The Morgan fingerprint density at radius 3 is 2.44 bits per heavy atom. The summed E-state index contributed by atoms with van der Waals surface area (Å²) >= 11 is 3.11. The van der Waals surface area contributed by atoms with E-state index >= 15 is 0 Å². The summed E-state index contributed by atoms with van der Waals surface area (Å²) in [7, 11) is 0. The van der Waals surface area contributed by atoms with E-state index in [9.17, 15) is 13.6 Å². The zero-order valence-corrected chi connectivity index (χ0v) is 10.9. The SMILES string of the molecule is O=C(Cc1ccccc1F)c1ccc(Br)cc1F. The number of hydrogen-bond donors (Lipinski definition) is 0. The quantitative estimate of drug-likeness (QED) is 0.778. The molecule has 0 aromatic heterocycles. The predicted octanol–water partition coefficient (Wildman–Crippen LogP) is 4.15. The van der Waals surface area contributed by atoms with E-state index in [1.54, 1.807) is 18.2 Å². The average Bonchev–Trinajstić information content (AvgIpc) is 2.32. The highest BCUT2D eigenvalue weighted by Crippen LogP contribution is 2.18. The molecule has 0 radical (unpaired) electrons. The van der Waals surface area contributed by atoms with E-state index in [2.05, 4.69) is 15.9 Å². The van der Waals surface area contributed by atoms with Gasteiger partial charge in [0.1, 0.15) is 11.6 Å². The molecular formula is C14H9BrF2O. The molecule has 0 N–H and O–H groups in total. The van der Waals surface area contributed by atoms with Crippen LogP contribution in [0.5, 0.6) is 0 Å². The molecule has 1 nitrogen and oxygen atoms in total. The molecule has 0 bridgehead atoms. The first-order chi connectivity index (χ1) is 8.58. The highest BCUT2D eigenvalue weighted by atomic mass is 79.9. The number of carbonyl (C=O) groups is 1. The topological polar surface area (TPSA) is 17.1 Å². The maximum atomic E-state index is 13.6. The zero-order valence-electron chi connectivity index (χ0n) is 9.29. The maximum absolute atomic E-state index is 13.6.